The number of benzene rings is 1. The maximum absolute atomic E-state index is 12.7. The van der Waals surface area contributed by atoms with Crippen molar-refractivity contribution in [2.24, 2.45) is 5.92 Å². The predicted molar refractivity (Wildman–Crippen MR) is 122 cm³/mol. The van der Waals surface area contributed by atoms with Gasteiger partial charge in [0.1, 0.15) is 10.7 Å². The fourth-order valence-electron chi connectivity index (χ4n) is 3.04. The molecule has 0 radical (unpaired) electrons. The highest BCUT2D eigenvalue weighted by atomic mass is 35.5. The number of amides is 1. The number of carboxylic acid groups (broad SMARTS) is 1. The number of hydrogen-bond donors (Lipinski definition) is 4. The van der Waals surface area contributed by atoms with Crippen molar-refractivity contribution in [2.45, 2.75) is 44.2 Å². The van der Waals surface area contributed by atoms with Gasteiger partial charge in [-0.1, -0.05) is 25.4 Å². The van der Waals surface area contributed by atoms with Crippen molar-refractivity contribution in [3.05, 3.63) is 46.9 Å². The topological polar surface area (TPSA) is 155 Å². The number of Topliss-reactive ketones (excluding diaryl/α,β-unsaturated/α-hetero) is 1. The van der Waals surface area contributed by atoms with E-state index in [1.54, 1.807) is 33.0 Å². The highest BCUT2D eigenvalue weighted by Gasteiger charge is 2.26. The van der Waals surface area contributed by atoms with Gasteiger partial charge in [-0.25, -0.2) is 17.9 Å². The molecule has 10 nitrogen and oxygen atoms in total. The molecule has 1 atom stereocenters. The van der Waals surface area contributed by atoms with Crippen LogP contribution in [0, 0.1) is 5.92 Å². The SMILES string of the molecule is CNC(CCC(=O)NS(=O)(=O)c1cc(C(=O)O)c(NCc2ccco2)cc1Cl)C(=O)C(C)C. The lowest BCUT2D eigenvalue weighted by atomic mass is 9.98. The van der Waals surface area contributed by atoms with E-state index in [0.29, 0.717) is 5.76 Å². The molecule has 0 aliphatic heterocycles. The smallest absolute Gasteiger partial charge is 0.337 e. The zero-order chi connectivity index (χ0) is 24.8. The Bertz CT molecular complexity index is 1120. The van der Waals surface area contributed by atoms with Crippen LogP contribution in [0.5, 0.6) is 0 Å². The van der Waals surface area contributed by atoms with Crippen molar-refractivity contribution in [2.75, 3.05) is 12.4 Å². The fourth-order valence-corrected chi connectivity index (χ4v) is 4.61. The van der Waals surface area contributed by atoms with Crippen LogP contribution in [0.1, 0.15) is 42.8 Å². The van der Waals surface area contributed by atoms with Gasteiger partial charge < -0.3 is 20.2 Å². The van der Waals surface area contributed by atoms with Gasteiger partial charge in [0.05, 0.1) is 35.1 Å². The summed E-state index contributed by atoms with van der Waals surface area (Å²) in [5.74, 6) is -2.05. The minimum absolute atomic E-state index is 0.0817. The van der Waals surface area contributed by atoms with Gasteiger partial charge in [-0.15, -0.1) is 0 Å². The summed E-state index contributed by atoms with van der Waals surface area (Å²) in [7, 11) is -2.88. The van der Waals surface area contributed by atoms with Crippen molar-refractivity contribution in [1.82, 2.24) is 10.0 Å². The number of anilines is 1. The third-order valence-electron chi connectivity index (χ3n) is 4.79. The number of hydrogen-bond acceptors (Lipinski definition) is 8. The number of furan rings is 1. The van der Waals surface area contributed by atoms with Crippen molar-refractivity contribution >= 4 is 45.0 Å². The van der Waals surface area contributed by atoms with Gasteiger partial charge in [0.2, 0.25) is 5.91 Å². The second-order valence-electron chi connectivity index (χ2n) is 7.53. The average Bonchev–Trinajstić information content (AvgIpc) is 3.25. The molecule has 0 fully saturated rings. The Hall–Kier alpha value is -2.89. The fraction of sp³-hybridized carbons (Fsp3) is 0.381. The molecule has 1 heterocycles. The monoisotopic (exact) mass is 499 g/mol. The Balaban J connectivity index is 2.18. The van der Waals surface area contributed by atoms with E-state index in [9.17, 15) is 27.9 Å². The quantitative estimate of drug-likeness (QED) is 0.345. The molecular formula is C21H26ClN3O7S. The van der Waals surface area contributed by atoms with Crippen LogP contribution in [-0.4, -0.2) is 44.3 Å². The molecule has 0 aliphatic carbocycles. The number of carbonyl (C=O) groups excluding carboxylic acids is 2. The highest BCUT2D eigenvalue weighted by Crippen LogP contribution is 2.29. The van der Waals surface area contributed by atoms with E-state index < -0.39 is 32.8 Å². The summed E-state index contributed by atoms with van der Waals surface area (Å²) < 4.78 is 32.5. The Labute approximate surface area is 196 Å². The lowest BCUT2D eigenvalue weighted by Crippen LogP contribution is -2.38. The van der Waals surface area contributed by atoms with Gasteiger partial charge in [0, 0.05) is 12.3 Å². The number of sulfonamides is 1. The molecule has 0 aliphatic rings. The molecule has 0 bridgehead atoms. The van der Waals surface area contributed by atoms with Crippen LogP contribution in [0.4, 0.5) is 5.69 Å². The third kappa shape index (κ3) is 7.04. The summed E-state index contributed by atoms with van der Waals surface area (Å²) in [6, 6.07) is 4.78. The van der Waals surface area contributed by atoms with Crippen LogP contribution >= 0.6 is 11.6 Å². The largest absolute Gasteiger partial charge is 0.478 e. The third-order valence-corrected chi connectivity index (χ3v) is 6.63. The van der Waals surface area contributed by atoms with E-state index in [2.05, 4.69) is 10.6 Å². The minimum Gasteiger partial charge on any atom is -0.478 e. The summed E-state index contributed by atoms with van der Waals surface area (Å²) >= 11 is 6.12. The second-order valence-corrected chi connectivity index (χ2v) is 9.59. The minimum atomic E-state index is -4.46. The summed E-state index contributed by atoms with van der Waals surface area (Å²) in [4.78, 5) is 35.5. The summed E-state index contributed by atoms with van der Waals surface area (Å²) in [6.45, 7) is 3.60. The van der Waals surface area contributed by atoms with Crippen molar-refractivity contribution < 1.29 is 32.3 Å². The Morgan fingerprint density at radius 2 is 1.91 bits per heavy atom. The molecule has 2 aromatic rings. The first kappa shape index (κ1) is 26.4. The number of likely N-dealkylation sites (N-methyl/N-ethyl adjacent to an activating group) is 1. The maximum atomic E-state index is 12.7. The first-order valence-corrected chi connectivity index (χ1v) is 11.9. The van der Waals surface area contributed by atoms with E-state index in [1.807, 2.05) is 4.72 Å². The maximum Gasteiger partial charge on any atom is 0.337 e. The van der Waals surface area contributed by atoms with Gasteiger partial charge in [-0.2, -0.15) is 0 Å². The van der Waals surface area contributed by atoms with E-state index >= 15 is 0 Å². The lowest BCUT2D eigenvalue weighted by molar-refractivity contribution is -0.124. The Morgan fingerprint density at radius 3 is 2.45 bits per heavy atom. The molecule has 0 spiro atoms. The molecule has 180 valence electrons. The molecule has 1 unspecified atom stereocenters. The molecular weight excluding hydrogens is 474 g/mol. The van der Waals surface area contributed by atoms with Crippen molar-refractivity contribution in [1.29, 1.82) is 0 Å². The number of carboxylic acids is 1. The molecule has 1 amide bonds. The van der Waals surface area contributed by atoms with Crippen LogP contribution in [-0.2, 0) is 26.2 Å². The molecule has 33 heavy (non-hydrogen) atoms. The molecule has 4 N–H and O–H groups in total. The van der Waals surface area contributed by atoms with E-state index in [0.717, 1.165) is 12.1 Å². The zero-order valence-electron chi connectivity index (χ0n) is 18.3. The van der Waals surface area contributed by atoms with E-state index in [4.69, 9.17) is 16.0 Å². The number of ketones is 1. The summed E-state index contributed by atoms with van der Waals surface area (Å²) in [5.41, 5.74) is -0.269. The number of halogens is 1. The number of aromatic carboxylic acids is 1. The van der Waals surface area contributed by atoms with Crippen LogP contribution < -0.4 is 15.4 Å². The summed E-state index contributed by atoms with van der Waals surface area (Å²) in [6.07, 6.45) is 1.31. The van der Waals surface area contributed by atoms with E-state index in [1.165, 1.54) is 6.26 Å². The van der Waals surface area contributed by atoms with Crippen LogP contribution in [0.25, 0.3) is 0 Å². The average molecular weight is 500 g/mol. The molecule has 1 aromatic carbocycles. The van der Waals surface area contributed by atoms with Crippen LogP contribution in [0.15, 0.2) is 39.8 Å². The lowest BCUT2D eigenvalue weighted by Gasteiger charge is -2.17. The standard InChI is InChI=1S/C21H26ClN3O7S/c1-12(2)20(27)16(23-3)6-7-19(26)25-33(30,31)18-9-14(21(28)29)17(10-15(18)22)24-11-13-5-4-8-32-13/h4-5,8-10,12,16,23-24H,6-7,11H2,1-3H3,(H,25,26)(H,28,29). The Kier molecular flexibility index (Phi) is 9.03. The van der Waals surface area contributed by atoms with Gasteiger partial charge in [-0.05, 0) is 37.7 Å². The first-order chi connectivity index (χ1) is 15.5. The van der Waals surface area contributed by atoms with Crippen molar-refractivity contribution in [3.63, 3.8) is 0 Å². The summed E-state index contributed by atoms with van der Waals surface area (Å²) in [5, 5.41) is 14.9. The van der Waals surface area contributed by atoms with Gasteiger partial charge in [-0.3, -0.25) is 9.59 Å². The van der Waals surface area contributed by atoms with Crippen LogP contribution in [0.3, 0.4) is 0 Å². The molecule has 0 saturated heterocycles. The zero-order valence-corrected chi connectivity index (χ0v) is 19.9. The molecule has 1 aromatic heterocycles. The number of carbonyl (C=O) groups is 3. The van der Waals surface area contributed by atoms with Gasteiger partial charge in [0.25, 0.3) is 10.0 Å². The second kappa shape index (κ2) is 11.3. The molecule has 12 heteroatoms. The van der Waals surface area contributed by atoms with Gasteiger partial charge in [0.15, 0.2) is 5.78 Å². The number of nitrogens with one attached hydrogen (secondary N) is 3. The number of rotatable bonds is 12. The normalized spacial score (nSPS) is 12.4. The molecule has 0 saturated carbocycles. The highest BCUT2D eigenvalue weighted by molar-refractivity contribution is 7.90. The Morgan fingerprint density at radius 1 is 1.21 bits per heavy atom. The van der Waals surface area contributed by atoms with E-state index in [-0.39, 0.29) is 47.4 Å². The first-order valence-electron chi connectivity index (χ1n) is 10.1. The van der Waals surface area contributed by atoms with Crippen LogP contribution in [0.2, 0.25) is 5.02 Å². The van der Waals surface area contributed by atoms with Gasteiger partial charge >= 0.3 is 5.97 Å². The van der Waals surface area contributed by atoms with Crippen molar-refractivity contribution in [3.8, 4) is 0 Å². The predicted octanol–water partition coefficient (Wildman–Crippen LogP) is 2.64. The molecule has 2 rings (SSSR count).